The van der Waals surface area contributed by atoms with Gasteiger partial charge in [-0.05, 0) is 59.9 Å². The van der Waals surface area contributed by atoms with Crippen molar-refractivity contribution in [2.24, 2.45) is 17.1 Å². The normalized spacial score (nSPS) is 15.9. The summed E-state index contributed by atoms with van der Waals surface area (Å²) in [7, 11) is 1.52. The highest BCUT2D eigenvalue weighted by atomic mass is 32.1. The Hall–Kier alpha value is -2.54. The molecule has 1 aromatic carbocycles. The molecule has 0 radical (unpaired) electrons. The standard InChI is InChI=1S/C23H30N2O4S/c1-23(2,3)16-6-8-19-15(10-16)11-20(30-19)22(27)25-12-14-5-7-17(18(9-14)28-4)29-13-21(24)26/h5,7,9,11,16H,6,8,10,12-13H2,1-4H3,(H2,24,26)(H,25,27). The van der Waals surface area contributed by atoms with Gasteiger partial charge in [-0.25, -0.2) is 0 Å². The summed E-state index contributed by atoms with van der Waals surface area (Å²) in [5, 5.41) is 2.99. The second kappa shape index (κ2) is 9.08. The maximum Gasteiger partial charge on any atom is 0.261 e. The van der Waals surface area contributed by atoms with E-state index >= 15 is 0 Å². The molecule has 0 saturated heterocycles. The summed E-state index contributed by atoms with van der Waals surface area (Å²) in [5.41, 5.74) is 7.60. The number of benzene rings is 1. The molecule has 1 aromatic heterocycles. The zero-order chi connectivity index (χ0) is 21.9. The highest BCUT2D eigenvalue weighted by Gasteiger charge is 2.30. The fourth-order valence-corrected chi connectivity index (χ4v) is 4.86. The second-order valence-corrected chi connectivity index (χ2v) is 9.92. The molecule has 3 N–H and O–H groups in total. The molecule has 6 nitrogen and oxygen atoms in total. The van der Waals surface area contributed by atoms with Crippen LogP contribution in [0, 0.1) is 11.3 Å². The minimum Gasteiger partial charge on any atom is -0.493 e. The largest absolute Gasteiger partial charge is 0.493 e. The monoisotopic (exact) mass is 430 g/mol. The van der Waals surface area contributed by atoms with Gasteiger partial charge in [0.25, 0.3) is 11.8 Å². The van der Waals surface area contributed by atoms with E-state index in [1.165, 1.54) is 24.0 Å². The van der Waals surface area contributed by atoms with Crippen molar-refractivity contribution >= 4 is 23.2 Å². The predicted molar refractivity (Wildman–Crippen MR) is 118 cm³/mol. The van der Waals surface area contributed by atoms with Gasteiger partial charge in [0.1, 0.15) is 0 Å². The summed E-state index contributed by atoms with van der Waals surface area (Å²) >= 11 is 1.61. The van der Waals surface area contributed by atoms with Crippen LogP contribution in [-0.4, -0.2) is 25.5 Å². The fraction of sp³-hybridized carbons (Fsp3) is 0.478. The Balaban J connectivity index is 1.62. The lowest BCUT2D eigenvalue weighted by atomic mass is 9.72. The van der Waals surface area contributed by atoms with Gasteiger partial charge in [0.05, 0.1) is 12.0 Å². The Morgan fingerprint density at radius 1 is 1.23 bits per heavy atom. The summed E-state index contributed by atoms with van der Waals surface area (Å²) < 4.78 is 10.6. The van der Waals surface area contributed by atoms with Crippen molar-refractivity contribution in [3.63, 3.8) is 0 Å². The topological polar surface area (TPSA) is 90.7 Å². The van der Waals surface area contributed by atoms with Crippen LogP contribution in [0.2, 0.25) is 0 Å². The number of hydrogen-bond acceptors (Lipinski definition) is 5. The number of carbonyl (C=O) groups is 2. The average Bonchev–Trinajstić information content (AvgIpc) is 3.13. The van der Waals surface area contributed by atoms with E-state index in [2.05, 4.69) is 32.2 Å². The van der Waals surface area contributed by atoms with Gasteiger partial charge in [-0.2, -0.15) is 0 Å². The molecule has 2 amide bonds. The third-order valence-electron chi connectivity index (χ3n) is 5.58. The number of carbonyl (C=O) groups excluding carboxylic acids is 2. The zero-order valence-electron chi connectivity index (χ0n) is 18.0. The quantitative estimate of drug-likeness (QED) is 0.701. The lowest BCUT2D eigenvalue weighted by molar-refractivity contribution is -0.119. The second-order valence-electron chi connectivity index (χ2n) is 8.79. The number of fused-ring (bicyclic) bond motifs is 1. The van der Waals surface area contributed by atoms with Crippen molar-refractivity contribution in [2.75, 3.05) is 13.7 Å². The fourth-order valence-electron chi connectivity index (χ4n) is 3.73. The maximum atomic E-state index is 12.7. The summed E-state index contributed by atoms with van der Waals surface area (Å²) in [6.07, 6.45) is 3.29. The summed E-state index contributed by atoms with van der Waals surface area (Å²) in [6, 6.07) is 7.38. The van der Waals surface area contributed by atoms with E-state index in [1.54, 1.807) is 23.5 Å². The molecular formula is C23H30N2O4S. The molecule has 1 heterocycles. The first-order valence-electron chi connectivity index (χ1n) is 10.1. The van der Waals surface area contributed by atoms with Crippen LogP contribution in [0.15, 0.2) is 24.3 Å². The van der Waals surface area contributed by atoms with E-state index in [0.717, 1.165) is 23.3 Å². The van der Waals surface area contributed by atoms with Gasteiger partial charge in [0, 0.05) is 11.4 Å². The molecule has 1 atom stereocenters. The number of rotatable bonds is 7. The van der Waals surface area contributed by atoms with Crippen LogP contribution in [0.4, 0.5) is 0 Å². The smallest absolute Gasteiger partial charge is 0.261 e. The molecule has 2 aromatic rings. The Morgan fingerprint density at radius 3 is 2.67 bits per heavy atom. The van der Waals surface area contributed by atoms with Crippen LogP contribution in [0.25, 0.3) is 0 Å². The predicted octanol–water partition coefficient (Wildman–Crippen LogP) is 3.70. The van der Waals surface area contributed by atoms with Crippen LogP contribution < -0.4 is 20.5 Å². The molecule has 0 fully saturated rings. The summed E-state index contributed by atoms with van der Waals surface area (Å²) in [6.45, 7) is 7.04. The lowest BCUT2D eigenvalue weighted by Crippen LogP contribution is -2.26. The molecule has 1 aliphatic carbocycles. The van der Waals surface area contributed by atoms with E-state index in [-0.39, 0.29) is 17.9 Å². The Kier molecular flexibility index (Phi) is 6.71. The molecule has 1 unspecified atom stereocenters. The van der Waals surface area contributed by atoms with Crippen molar-refractivity contribution in [2.45, 2.75) is 46.6 Å². The van der Waals surface area contributed by atoms with E-state index in [4.69, 9.17) is 15.2 Å². The first-order chi connectivity index (χ1) is 14.2. The average molecular weight is 431 g/mol. The Bertz CT molecular complexity index is 930. The SMILES string of the molecule is COc1cc(CNC(=O)c2cc3c(s2)CCC(C(C)(C)C)C3)ccc1OCC(N)=O. The van der Waals surface area contributed by atoms with Crippen molar-refractivity contribution in [1.29, 1.82) is 0 Å². The van der Waals surface area contributed by atoms with Crippen LogP contribution in [0.3, 0.4) is 0 Å². The summed E-state index contributed by atoms with van der Waals surface area (Å²) in [5.74, 6) is 0.961. The van der Waals surface area contributed by atoms with Gasteiger partial charge < -0.3 is 20.5 Å². The Labute approximate surface area is 181 Å². The molecule has 30 heavy (non-hydrogen) atoms. The van der Waals surface area contributed by atoms with Crippen molar-refractivity contribution in [3.05, 3.63) is 45.1 Å². The van der Waals surface area contributed by atoms with Gasteiger partial charge in [-0.15, -0.1) is 11.3 Å². The van der Waals surface area contributed by atoms with Gasteiger partial charge in [0.15, 0.2) is 18.1 Å². The Morgan fingerprint density at radius 2 is 2.00 bits per heavy atom. The van der Waals surface area contributed by atoms with E-state index < -0.39 is 5.91 Å². The number of methoxy groups -OCH3 is 1. The van der Waals surface area contributed by atoms with Gasteiger partial charge in [-0.1, -0.05) is 26.8 Å². The van der Waals surface area contributed by atoms with Crippen molar-refractivity contribution in [3.8, 4) is 11.5 Å². The molecule has 1 aliphatic rings. The zero-order valence-corrected chi connectivity index (χ0v) is 18.9. The first-order valence-corrected chi connectivity index (χ1v) is 11.0. The number of primary amides is 1. The lowest BCUT2D eigenvalue weighted by Gasteiger charge is -2.33. The number of hydrogen-bond donors (Lipinski definition) is 2. The van der Waals surface area contributed by atoms with E-state index in [1.807, 2.05) is 6.07 Å². The number of aryl methyl sites for hydroxylation is 1. The molecule has 7 heteroatoms. The number of ether oxygens (including phenoxy) is 2. The van der Waals surface area contributed by atoms with Crippen molar-refractivity contribution in [1.82, 2.24) is 5.32 Å². The number of thiophene rings is 1. The molecular weight excluding hydrogens is 400 g/mol. The minimum atomic E-state index is -0.555. The molecule has 3 rings (SSSR count). The molecule has 0 saturated carbocycles. The van der Waals surface area contributed by atoms with E-state index in [9.17, 15) is 9.59 Å². The molecule has 0 aliphatic heterocycles. The van der Waals surface area contributed by atoms with Crippen LogP contribution in [0.5, 0.6) is 11.5 Å². The van der Waals surface area contributed by atoms with Crippen LogP contribution in [-0.2, 0) is 24.2 Å². The maximum absolute atomic E-state index is 12.7. The highest BCUT2D eigenvalue weighted by molar-refractivity contribution is 7.14. The number of nitrogens with one attached hydrogen (secondary N) is 1. The highest BCUT2D eigenvalue weighted by Crippen LogP contribution is 2.40. The minimum absolute atomic E-state index is 0.0604. The number of amides is 2. The van der Waals surface area contributed by atoms with E-state index in [0.29, 0.717) is 24.0 Å². The van der Waals surface area contributed by atoms with Crippen LogP contribution in [0.1, 0.15) is 52.9 Å². The first kappa shape index (κ1) is 22.2. The van der Waals surface area contributed by atoms with Gasteiger partial charge in [-0.3, -0.25) is 9.59 Å². The third kappa shape index (κ3) is 5.33. The van der Waals surface area contributed by atoms with Gasteiger partial charge in [0.2, 0.25) is 0 Å². The molecule has 0 spiro atoms. The summed E-state index contributed by atoms with van der Waals surface area (Å²) in [4.78, 5) is 25.7. The molecule has 0 bridgehead atoms. The number of nitrogens with two attached hydrogens (primary N) is 1. The molecule has 162 valence electrons. The van der Waals surface area contributed by atoms with Crippen LogP contribution >= 0.6 is 11.3 Å². The third-order valence-corrected chi connectivity index (χ3v) is 6.82. The van der Waals surface area contributed by atoms with Crippen molar-refractivity contribution < 1.29 is 19.1 Å². The van der Waals surface area contributed by atoms with Gasteiger partial charge >= 0.3 is 0 Å².